The molecule has 0 aromatic heterocycles. The molecule has 5 nitrogen and oxygen atoms in total. The summed E-state index contributed by atoms with van der Waals surface area (Å²) in [6.07, 6.45) is 8.54. The van der Waals surface area contributed by atoms with Crippen molar-refractivity contribution >= 4 is 5.91 Å². The van der Waals surface area contributed by atoms with Crippen LogP contribution in [0.25, 0.3) is 0 Å². The lowest BCUT2D eigenvalue weighted by Gasteiger charge is -2.60. The number of aromatic hydroxyl groups is 1. The normalized spacial score (nSPS) is 25.8. The van der Waals surface area contributed by atoms with Crippen LogP contribution in [0.4, 0.5) is 0 Å². The van der Waals surface area contributed by atoms with Crippen molar-refractivity contribution in [2.75, 3.05) is 33.8 Å². The molecule has 2 aliphatic rings. The summed E-state index contributed by atoms with van der Waals surface area (Å²) in [5.74, 6) is 1.02. The molecule has 1 saturated carbocycles. The highest BCUT2D eigenvalue weighted by molar-refractivity contribution is 5.76. The van der Waals surface area contributed by atoms with E-state index in [1.54, 1.807) is 6.07 Å². The number of likely N-dealkylation sites (tertiary alicyclic amines) is 1. The van der Waals surface area contributed by atoms with E-state index in [0.717, 1.165) is 76.6 Å². The van der Waals surface area contributed by atoms with Crippen LogP contribution in [0, 0.1) is 5.92 Å². The zero-order valence-electron chi connectivity index (χ0n) is 24.0. The molecule has 1 amide bonds. The van der Waals surface area contributed by atoms with E-state index >= 15 is 0 Å². The average Bonchev–Trinajstić information content (AvgIpc) is 2.91. The second-order valence-electron chi connectivity index (χ2n) is 12.2. The third-order valence-electron chi connectivity index (χ3n) is 9.09. The molecular weight excluding hydrogens is 472 g/mol. The Morgan fingerprint density at radius 3 is 2.61 bits per heavy atom. The van der Waals surface area contributed by atoms with Gasteiger partial charge >= 0.3 is 0 Å². The number of amides is 1. The number of rotatable bonds is 11. The Labute approximate surface area is 230 Å². The minimum atomic E-state index is -0.325. The first-order valence-corrected chi connectivity index (χ1v) is 14.7. The van der Waals surface area contributed by atoms with Crippen molar-refractivity contribution in [3.05, 3.63) is 65.7 Å². The summed E-state index contributed by atoms with van der Waals surface area (Å²) in [7, 11) is 4.02. The molecule has 0 spiro atoms. The van der Waals surface area contributed by atoms with Crippen LogP contribution >= 0.6 is 0 Å². The fourth-order valence-electron chi connectivity index (χ4n) is 7.16. The number of fused-ring (bicyclic) bond motifs is 1. The van der Waals surface area contributed by atoms with Gasteiger partial charge in [-0.1, -0.05) is 62.7 Å². The molecule has 5 heteroatoms. The molecule has 2 fully saturated rings. The molecule has 38 heavy (non-hydrogen) atoms. The molecule has 1 saturated heterocycles. The second kappa shape index (κ2) is 12.7. The Balaban J connectivity index is 1.50. The van der Waals surface area contributed by atoms with Gasteiger partial charge in [0.15, 0.2) is 0 Å². The Kier molecular flexibility index (Phi) is 9.54. The number of phenolic OH excluding ortho intramolecular Hbond substituents is 1. The summed E-state index contributed by atoms with van der Waals surface area (Å²) in [6.45, 7) is 7.06. The van der Waals surface area contributed by atoms with Gasteiger partial charge in [0, 0.05) is 38.1 Å². The second-order valence-corrected chi connectivity index (χ2v) is 12.2. The van der Waals surface area contributed by atoms with Crippen LogP contribution in [0.15, 0.2) is 54.6 Å². The number of phenols is 1. The number of likely N-dealkylation sites (N-methyl/N-ethyl adjacent to an activating group) is 1. The van der Waals surface area contributed by atoms with Crippen molar-refractivity contribution in [3.8, 4) is 5.75 Å². The first-order valence-electron chi connectivity index (χ1n) is 14.7. The number of aryl methyl sites for hydroxylation is 1. The Bertz CT molecular complexity index is 1040. The number of methoxy groups -OCH3 is 1. The molecule has 208 valence electrons. The maximum Gasteiger partial charge on any atom is 0.222 e. The molecule has 4 rings (SSSR count). The molecule has 0 radical (unpaired) electrons. The van der Waals surface area contributed by atoms with Gasteiger partial charge < -0.3 is 19.6 Å². The van der Waals surface area contributed by atoms with E-state index in [-0.39, 0.29) is 17.1 Å². The summed E-state index contributed by atoms with van der Waals surface area (Å²) >= 11 is 0. The SMILES string of the molecule is CO[C@]12CC[C@H](N(CC(C)C)C(=O)CCCCCc3ccccc3)C[C@]1(c1cccc(O)c1)CCN(C)C2. The van der Waals surface area contributed by atoms with Gasteiger partial charge in [-0.15, -0.1) is 0 Å². The number of nitrogens with zero attached hydrogens (tertiary/aromatic N) is 2. The monoisotopic (exact) mass is 520 g/mol. The molecule has 2 aromatic rings. The Hall–Kier alpha value is -2.37. The van der Waals surface area contributed by atoms with E-state index in [1.807, 2.05) is 19.2 Å². The standard InChI is InChI=1S/C33H48N2O3/c1-26(2)24-35(31(37)17-10-6-9-14-27-12-7-5-8-13-27)29-18-19-33(38-4)25-34(3)21-20-32(33,23-29)28-15-11-16-30(36)22-28/h5,7-8,11-13,15-16,22,26,29,36H,6,9-10,14,17-21,23-25H2,1-4H3/t29-,32-,33-/m0/s1. The van der Waals surface area contributed by atoms with Gasteiger partial charge in [0.1, 0.15) is 5.75 Å². The molecule has 3 atom stereocenters. The summed E-state index contributed by atoms with van der Waals surface area (Å²) < 4.78 is 6.42. The lowest BCUT2D eigenvalue weighted by atomic mass is 9.55. The van der Waals surface area contributed by atoms with Crippen LogP contribution in [0.3, 0.4) is 0 Å². The predicted octanol–water partition coefficient (Wildman–Crippen LogP) is 6.19. The third kappa shape index (κ3) is 6.26. The van der Waals surface area contributed by atoms with Gasteiger partial charge in [0.2, 0.25) is 5.91 Å². The first kappa shape index (κ1) is 28.6. The molecule has 1 heterocycles. The smallest absolute Gasteiger partial charge is 0.222 e. The molecule has 0 unspecified atom stereocenters. The van der Waals surface area contributed by atoms with Gasteiger partial charge in [0.25, 0.3) is 0 Å². The maximum absolute atomic E-state index is 13.7. The molecule has 1 N–H and O–H groups in total. The molecule has 0 bridgehead atoms. The minimum Gasteiger partial charge on any atom is -0.508 e. The van der Waals surface area contributed by atoms with Crippen molar-refractivity contribution in [2.24, 2.45) is 5.92 Å². The molecular formula is C33H48N2O3. The average molecular weight is 521 g/mol. The van der Waals surface area contributed by atoms with Gasteiger partial charge in [-0.05, 0) is 87.7 Å². The lowest BCUT2D eigenvalue weighted by molar-refractivity contribution is -0.160. The number of hydrogen-bond donors (Lipinski definition) is 1. The van der Waals surface area contributed by atoms with E-state index < -0.39 is 0 Å². The molecule has 1 aliphatic heterocycles. The van der Waals surface area contributed by atoms with E-state index in [9.17, 15) is 9.90 Å². The van der Waals surface area contributed by atoms with Gasteiger partial charge in [-0.25, -0.2) is 0 Å². The number of carbonyl (C=O) groups excluding carboxylic acids is 1. The summed E-state index contributed by atoms with van der Waals surface area (Å²) in [5, 5.41) is 10.4. The number of unbranched alkanes of at least 4 members (excludes halogenated alkanes) is 2. The van der Waals surface area contributed by atoms with Crippen LogP contribution in [-0.4, -0.2) is 66.2 Å². The maximum atomic E-state index is 13.7. The van der Waals surface area contributed by atoms with Crippen molar-refractivity contribution < 1.29 is 14.6 Å². The first-order chi connectivity index (χ1) is 18.3. The van der Waals surface area contributed by atoms with E-state index in [2.05, 4.69) is 67.1 Å². The van der Waals surface area contributed by atoms with E-state index in [1.165, 1.54) is 5.56 Å². The van der Waals surface area contributed by atoms with E-state index in [0.29, 0.717) is 24.0 Å². The number of benzene rings is 2. The molecule has 1 aliphatic carbocycles. The van der Waals surface area contributed by atoms with Crippen molar-refractivity contribution in [2.45, 2.75) is 88.7 Å². The highest BCUT2D eigenvalue weighted by Gasteiger charge is 2.59. The van der Waals surface area contributed by atoms with Crippen LogP contribution in [0.5, 0.6) is 5.75 Å². The largest absolute Gasteiger partial charge is 0.508 e. The van der Waals surface area contributed by atoms with Crippen molar-refractivity contribution in [3.63, 3.8) is 0 Å². The fourth-order valence-corrected chi connectivity index (χ4v) is 7.16. The highest BCUT2D eigenvalue weighted by Crippen LogP contribution is 2.54. The van der Waals surface area contributed by atoms with E-state index in [4.69, 9.17) is 4.74 Å². The number of piperidine rings is 1. The summed E-state index contributed by atoms with van der Waals surface area (Å²) in [5.41, 5.74) is 1.96. The zero-order valence-corrected chi connectivity index (χ0v) is 24.0. The lowest BCUT2D eigenvalue weighted by Crippen LogP contribution is -2.67. The Morgan fingerprint density at radius 2 is 1.89 bits per heavy atom. The number of ether oxygens (including phenoxy) is 1. The summed E-state index contributed by atoms with van der Waals surface area (Å²) in [4.78, 5) is 18.3. The molecule has 2 aromatic carbocycles. The minimum absolute atomic E-state index is 0.184. The Morgan fingerprint density at radius 1 is 1.11 bits per heavy atom. The fraction of sp³-hybridized carbons (Fsp3) is 0.606. The predicted molar refractivity (Wildman–Crippen MR) is 154 cm³/mol. The van der Waals surface area contributed by atoms with Crippen molar-refractivity contribution in [1.29, 1.82) is 0 Å². The zero-order chi connectivity index (χ0) is 27.2. The van der Waals surface area contributed by atoms with Gasteiger partial charge in [0.05, 0.1) is 5.60 Å². The topological polar surface area (TPSA) is 53.0 Å². The van der Waals surface area contributed by atoms with Crippen LogP contribution in [-0.2, 0) is 21.4 Å². The number of hydrogen-bond acceptors (Lipinski definition) is 4. The van der Waals surface area contributed by atoms with Gasteiger partial charge in [-0.2, -0.15) is 0 Å². The quantitative estimate of drug-likeness (QED) is 0.359. The third-order valence-corrected chi connectivity index (χ3v) is 9.09. The van der Waals surface area contributed by atoms with Crippen LogP contribution in [0.1, 0.15) is 76.3 Å². The van der Waals surface area contributed by atoms with Gasteiger partial charge in [-0.3, -0.25) is 4.79 Å². The van der Waals surface area contributed by atoms with Crippen LogP contribution < -0.4 is 0 Å². The van der Waals surface area contributed by atoms with Crippen molar-refractivity contribution in [1.82, 2.24) is 9.80 Å². The number of carbonyl (C=O) groups is 1. The highest BCUT2D eigenvalue weighted by atomic mass is 16.5. The van der Waals surface area contributed by atoms with Crippen LogP contribution in [0.2, 0.25) is 0 Å². The summed E-state index contributed by atoms with van der Waals surface area (Å²) in [6, 6.07) is 18.6.